The van der Waals surface area contributed by atoms with Crippen LogP contribution in [-0.2, 0) is 10.0 Å². The molecule has 0 aromatic heterocycles. The Labute approximate surface area is 113 Å². The van der Waals surface area contributed by atoms with Gasteiger partial charge in [-0.1, -0.05) is 17.7 Å². The van der Waals surface area contributed by atoms with E-state index in [1.54, 1.807) is 17.0 Å². The van der Waals surface area contributed by atoms with Gasteiger partial charge in [-0.25, -0.2) is 17.9 Å². The van der Waals surface area contributed by atoms with Crippen LogP contribution in [0.15, 0.2) is 29.2 Å². The molecular formula is C13H18N2O3S. The van der Waals surface area contributed by atoms with Gasteiger partial charge >= 0.3 is 6.03 Å². The molecule has 0 atom stereocenters. The highest BCUT2D eigenvalue weighted by Crippen LogP contribution is 2.26. The fourth-order valence-corrected chi connectivity index (χ4v) is 2.86. The van der Waals surface area contributed by atoms with E-state index in [2.05, 4.69) is 4.72 Å². The monoisotopic (exact) mass is 282 g/mol. The highest BCUT2D eigenvalue weighted by molar-refractivity contribution is 7.90. The van der Waals surface area contributed by atoms with Gasteiger partial charge in [-0.05, 0) is 38.8 Å². The largest absolute Gasteiger partial charge is 0.331 e. The van der Waals surface area contributed by atoms with Crippen LogP contribution in [0.2, 0.25) is 0 Å². The zero-order valence-corrected chi connectivity index (χ0v) is 11.9. The van der Waals surface area contributed by atoms with Gasteiger partial charge in [0.15, 0.2) is 0 Å². The number of hydrogen-bond donors (Lipinski definition) is 1. The lowest BCUT2D eigenvalue weighted by Crippen LogP contribution is -2.43. The van der Waals surface area contributed by atoms with E-state index in [9.17, 15) is 13.2 Å². The van der Waals surface area contributed by atoms with Gasteiger partial charge in [-0.3, -0.25) is 0 Å². The number of rotatable bonds is 4. The molecule has 0 heterocycles. The molecule has 1 aromatic carbocycles. The van der Waals surface area contributed by atoms with Crippen LogP contribution in [0.3, 0.4) is 0 Å². The van der Waals surface area contributed by atoms with E-state index in [1.807, 2.05) is 13.8 Å². The van der Waals surface area contributed by atoms with Crippen LogP contribution in [0.5, 0.6) is 0 Å². The summed E-state index contributed by atoms with van der Waals surface area (Å²) in [5.41, 5.74) is 0.971. The molecule has 104 valence electrons. The maximum atomic E-state index is 12.1. The van der Waals surface area contributed by atoms with Gasteiger partial charge in [-0.15, -0.1) is 0 Å². The molecule has 1 saturated carbocycles. The van der Waals surface area contributed by atoms with Crippen LogP contribution in [0.1, 0.15) is 25.3 Å². The predicted octanol–water partition coefficient (Wildman–Crippen LogP) is 1.88. The molecule has 6 heteroatoms. The van der Waals surface area contributed by atoms with E-state index in [0.717, 1.165) is 18.4 Å². The minimum Gasteiger partial charge on any atom is -0.321 e. The summed E-state index contributed by atoms with van der Waals surface area (Å²) >= 11 is 0. The van der Waals surface area contributed by atoms with Crippen molar-refractivity contribution >= 4 is 16.1 Å². The first-order chi connectivity index (χ1) is 8.94. The van der Waals surface area contributed by atoms with E-state index in [4.69, 9.17) is 0 Å². The van der Waals surface area contributed by atoms with E-state index >= 15 is 0 Å². The zero-order valence-electron chi connectivity index (χ0n) is 11.1. The van der Waals surface area contributed by atoms with E-state index in [-0.39, 0.29) is 10.9 Å². The second kappa shape index (κ2) is 5.21. The van der Waals surface area contributed by atoms with Gasteiger partial charge in [0.2, 0.25) is 0 Å². The van der Waals surface area contributed by atoms with Crippen molar-refractivity contribution in [1.82, 2.24) is 9.62 Å². The summed E-state index contributed by atoms with van der Waals surface area (Å²) in [5, 5.41) is 0. The van der Waals surface area contributed by atoms with Crippen molar-refractivity contribution in [2.45, 2.75) is 37.6 Å². The Balaban J connectivity index is 2.12. The third kappa shape index (κ3) is 3.26. The summed E-state index contributed by atoms with van der Waals surface area (Å²) in [4.78, 5) is 13.6. The maximum absolute atomic E-state index is 12.1. The summed E-state index contributed by atoms with van der Waals surface area (Å²) in [6.07, 6.45) is 1.90. The van der Waals surface area contributed by atoms with Crippen molar-refractivity contribution in [3.8, 4) is 0 Å². The van der Waals surface area contributed by atoms with Crippen molar-refractivity contribution in [3.63, 3.8) is 0 Å². The SMILES string of the molecule is CCN(C(=O)NS(=O)(=O)c1ccc(C)cc1)C1CC1. The maximum Gasteiger partial charge on any atom is 0.331 e. The average molecular weight is 282 g/mol. The van der Waals surface area contributed by atoms with Crippen LogP contribution < -0.4 is 4.72 Å². The molecule has 1 aliphatic carbocycles. The third-order valence-corrected chi connectivity index (χ3v) is 4.48. The highest BCUT2D eigenvalue weighted by atomic mass is 32.2. The first kappa shape index (κ1) is 13.9. The number of benzene rings is 1. The molecule has 19 heavy (non-hydrogen) atoms. The lowest BCUT2D eigenvalue weighted by molar-refractivity contribution is 0.204. The standard InChI is InChI=1S/C13H18N2O3S/c1-3-15(11-6-7-11)13(16)14-19(17,18)12-8-4-10(2)5-9-12/h4-5,8-9,11H,3,6-7H2,1-2H3,(H,14,16). The van der Waals surface area contributed by atoms with Crippen LogP contribution in [0.25, 0.3) is 0 Å². The second-order valence-corrected chi connectivity index (χ2v) is 6.42. The number of aryl methyl sites for hydroxylation is 1. The Bertz CT molecular complexity index is 562. The van der Waals surface area contributed by atoms with Gasteiger partial charge in [0.25, 0.3) is 10.0 Å². The van der Waals surface area contributed by atoms with Crippen LogP contribution in [0, 0.1) is 6.92 Å². The average Bonchev–Trinajstić information content (AvgIpc) is 3.14. The van der Waals surface area contributed by atoms with Crippen molar-refractivity contribution in [3.05, 3.63) is 29.8 Å². The lowest BCUT2D eigenvalue weighted by Gasteiger charge is -2.20. The number of nitrogens with zero attached hydrogens (tertiary/aromatic N) is 1. The van der Waals surface area contributed by atoms with E-state index in [1.165, 1.54) is 12.1 Å². The molecule has 1 fully saturated rings. The number of urea groups is 1. The Kier molecular flexibility index (Phi) is 3.80. The first-order valence-corrected chi connectivity index (χ1v) is 7.82. The zero-order chi connectivity index (χ0) is 14.0. The third-order valence-electron chi connectivity index (χ3n) is 3.14. The number of hydrogen-bond acceptors (Lipinski definition) is 3. The second-order valence-electron chi connectivity index (χ2n) is 4.74. The summed E-state index contributed by atoms with van der Waals surface area (Å²) in [7, 11) is -3.78. The summed E-state index contributed by atoms with van der Waals surface area (Å²) in [5.74, 6) is 0. The van der Waals surface area contributed by atoms with Crippen molar-refractivity contribution in [2.24, 2.45) is 0 Å². The number of amides is 2. The van der Waals surface area contributed by atoms with Crippen molar-refractivity contribution < 1.29 is 13.2 Å². The van der Waals surface area contributed by atoms with Gasteiger partial charge < -0.3 is 4.90 Å². The normalized spacial score (nSPS) is 15.1. The Morgan fingerprint density at radius 3 is 2.37 bits per heavy atom. The molecule has 0 aliphatic heterocycles. The fourth-order valence-electron chi connectivity index (χ4n) is 1.90. The number of carbonyl (C=O) groups excluding carboxylic acids is 1. The van der Waals surface area contributed by atoms with Crippen molar-refractivity contribution in [1.29, 1.82) is 0 Å². The highest BCUT2D eigenvalue weighted by Gasteiger charge is 2.33. The number of nitrogens with one attached hydrogen (secondary N) is 1. The van der Waals surface area contributed by atoms with Gasteiger partial charge in [0.1, 0.15) is 0 Å². The molecule has 1 aliphatic rings. The predicted molar refractivity (Wildman–Crippen MR) is 72.3 cm³/mol. The van der Waals surface area contributed by atoms with Crippen LogP contribution >= 0.6 is 0 Å². The molecular weight excluding hydrogens is 264 g/mol. The minimum atomic E-state index is -3.78. The molecule has 2 amide bonds. The molecule has 0 radical (unpaired) electrons. The molecule has 5 nitrogen and oxygen atoms in total. The number of carbonyl (C=O) groups is 1. The fraction of sp³-hybridized carbons (Fsp3) is 0.462. The Morgan fingerprint density at radius 2 is 1.89 bits per heavy atom. The Hall–Kier alpha value is -1.56. The molecule has 2 rings (SSSR count). The molecule has 0 unspecified atom stereocenters. The quantitative estimate of drug-likeness (QED) is 0.917. The van der Waals surface area contributed by atoms with Crippen LogP contribution in [-0.4, -0.2) is 31.9 Å². The molecule has 1 aromatic rings. The topological polar surface area (TPSA) is 66.5 Å². The smallest absolute Gasteiger partial charge is 0.321 e. The van der Waals surface area contributed by atoms with Crippen LogP contribution in [0.4, 0.5) is 4.79 Å². The lowest BCUT2D eigenvalue weighted by atomic mass is 10.2. The van der Waals surface area contributed by atoms with Gasteiger partial charge in [0, 0.05) is 12.6 Å². The first-order valence-electron chi connectivity index (χ1n) is 6.34. The molecule has 1 N–H and O–H groups in total. The van der Waals surface area contributed by atoms with E-state index < -0.39 is 16.1 Å². The van der Waals surface area contributed by atoms with Gasteiger partial charge in [0.05, 0.1) is 4.90 Å². The Morgan fingerprint density at radius 1 is 1.32 bits per heavy atom. The molecule has 0 spiro atoms. The van der Waals surface area contributed by atoms with E-state index in [0.29, 0.717) is 6.54 Å². The summed E-state index contributed by atoms with van der Waals surface area (Å²) in [6, 6.07) is 6.06. The molecule has 0 saturated heterocycles. The van der Waals surface area contributed by atoms with Gasteiger partial charge in [-0.2, -0.15) is 0 Å². The molecule has 0 bridgehead atoms. The summed E-state index contributed by atoms with van der Waals surface area (Å²) in [6.45, 7) is 4.23. The minimum absolute atomic E-state index is 0.110. The van der Waals surface area contributed by atoms with Crippen molar-refractivity contribution in [2.75, 3.05) is 6.54 Å². The summed E-state index contributed by atoms with van der Waals surface area (Å²) < 4.78 is 26.2. The number of sulfonamides is 1.